The highest BCUT2D eigenvalue weighted by atomic mass is 16.3. The number of benzene rings is 1. The summed E-state index contributed by atoms with van der Waals surface area (Å²) in [5.41, 5.74) is 3.59. The summed E-state index contributed by atoms with van der Waals surface area (Å²) in [6, 6.07) is 11.4. The minimum absolute atomic E-state index is 0.113. The van der Waals surface area contributed by atoms with Gasteiger partial charge in [-0.15, -0.1) is 0 Å². The predicted octanol–water partition coefficient (Wildman–Crippen LogP) is 3.54. The number of imide groups is 1. The van der Waals surface area contributed by atoms with E-state index < -0.39 is 17.9 Å². The van der Waals surface area contributed by atoms with Crippen molar-refractivity contribution in [2.75, 3.05) is 6.54 Å². The van der Waals surface area contributed by atoms with Crippen LogP contribution in [0.15, 0.2) is 51.5 Å². The topological polar surface area (TPSA) is 94.5 Å². The van der Waals surface area contributed by atoms with Crippen LogP contribution in [0.4, 0.5) is 0 Å². The van der Waals surface area contributed by atoms with E-state index in [9.17, 15) is 20.0 Å². The highest BCUT2D eigenvalue weighted by Crippen LogP contribution is 2.31. The summed E-state index contributed by atoms with van der Waals surface area (Å²) >= 11 is 0. The Labute approximate surface area is 169 Å². The van der Waals surface area contributed by atoms with Crippen molar-refractivity contribution in [3.63, 3.8) is 0 Å². The number of carbonyl (C=O) groups is 2. The molecule has 1 aromatic carbocycles. The second-order valence-corrected chi connectivity index (χ2v) is 7.19. The first-order chi connectivity index (χ1) is 13.7. The lowest BCUT2D eigenvalue weighted by Crippen LogP contribution is -2.45. The molecule has 0 saturated carbocycles. The molecule has 1 aromatic heterocycles. The Morgan fingerprint density at radius 2 is 1.90 bits per heavy atom. The Morgan fingerprint density at radius 1 is 1.17 bits per heavy atom. The molecule has 0 saturated heterocycles. The SMILES string of the molecule is CC1=C(C#N)C(=O)N(CC(C)O)C(=O)/C1=C/c1ccc(-c2cccc(C)c2C)o1. The third-order valence-corrected chi connectivity index (χ3v) is 5.06. The summed E-state index contributed by atoms with van der Waals surface area (Å²) in [6.07, 6.45) is 0.632. The number of hydrogen-bond acceptors (Lipinski definition) is 5. The first kappa shape index (κ1) is 20.3. The van der Waals surface area contributed by atoms with Gasteiger partial charge in [0.05, 0.1) is 12.6 Å². The molecule has 0 aliphatic carbocycles. The molecule has 1 N–H and O–H groups in total. The molecular weight excluding hydrogens is 368 g/mol. The molecule has 29 heavy (non-hydrogen) atoms. The van der Waals surface area contributed by atoms with Gasteiger partial charge in [0.1, 0.15) is 23.2 Å². The van der Waals surface area contributed by atoms with Crippen molar-refractivity contribution >= 4 is 17.9 Å². The number of aliphatic hydroxyl groups excluding tert-OH is 1. The van der Waals surface area contributed by atoms with E-state index in [-0.39, 0.29) is 17.7 Å². The summed E-state index contributed by atoms with van der Waals surface area (Å²) in [5.74, 6) is -0.145. The molecule has 2 heterocycles. The summed E-state index contributed by atoms with van der Waals surface area (Å²) in [6.45, 7) is 6.90. The zero-order chi connectivity index (χ0) is 21.3. The average molecular weight is 390 g/mol. The van der Waals surface area contributed by atoms with Gasteiger partial charge in [-0.2, -0.15) is 5.26 Å². The van der Waals surface area contributed by atoms with Gasteiger partial charge in [-0.05, 0) is 62.6 Å². The zero-order valence-electron chi connectivity index (χ0n) is 16.8. The molecule has 1 aliphatic rings. The van der Waals surface area contributed by atoms with Crippen molar-refractivity contribution in [2.45, 2.75) is 33.8 Å². The predicted molar refractivity (Wildman–Crippen MR) is 108 cm³/mol. The van der Waals surface area contributed by atoms with Crippen molar-refractivity contribution < 1.29 is 19.1 Å². The number of nitriles is 1. The van der Waals surface area contributed by atoms with E-state index in [1.54, 1.807) is 13.0 Å². The number of rotatable bonds is 4. The third kappa shape index (κ3) is 3.78. The lowest BCUT2D eigenvalue weighted by atomic mass is 9.94. The van der Waals surface area contributed by atoms with Gasteiger partial charge in [0.15, 0.2) is 0 Å². The van der Waals surface area contributed by atoms with Crippen LogP contribution in [0.2, 0.25) is 0 Å². The Bertz CT molecular complexity index is 1100. The number of furan rings is 1. The Hall–Kier alpha value is -3.43. The fourth-order valence-electron chi connectivity index (χ4n) is 3.30. The lowest BCUT2D eigenvalue weighted by molar-refractivity contribution is -0.141. The van der Waals surface area contributed by atoms with E-state index in [0.29, 0.717) is 17.1 Å². The van der Waals surface area contributed by atoms with Crippen LogP contribution in [0.3, 0.4) is 0 Å². The Balaban J connectivity index is 2.05. The standard InChI is InChI=1S/C23H22N2O4/c1-13-6-5-7-18(15(13)3)21-9-8-17(29-21)10-19-16(4)20(11-24)23(28)25(22(19)27)12-14(2)26/h5-10,14,26H,12H2,1-4H3/b19-10+. The van der Waals surface area contributed by atoms with Crippen LogP contribution in [0, 0.1) is 25.2 Å². The van der Waals surface area contributed by atoms with Crippen molar-refractivity contribution in [2.24, 2.45) is 0 Å². The van der Waals surface area contributed by atoms with Crippen LogP contribution in [-0.4, -0.2) is 34.5 Å². The van der Waals surface area contributed by atoms with Crippen LogP contribution in [0.1, 0.15) is 30.7 Å². The van der Waals surface area contributed by atoms with Gasteiger partial charge in [0.2, 0.25) is 0 Å². The van der Waals surface area contributed by atoms with Gasteiger partial charge in [-0.1, -0.05) is 18.2 Å². The number of aryl methyl sites for hydroxylation is 1. The monoisotopic (exact) mass is 390 g/mol. The first-order valence-electron chi connectivity index (χ1n) is 9.28. The molecule has 6 nitrogen and oxygen atoms in total. The van der Waals surface area contributed by atoms with Gasteiger partial charge >= 0.3 is 0 Å². The highest BCUT2D eigenvalue weighted by molar-refractivity contribution is 6.19. The number of aliphatic hydroxyl groups is 1. The van der Waals surface area contributed by atoms with Crippen LogP contribution < -0.4 is 0 Å². The molecule has 3 rings (SSSR count). The summed E-state index contributed by atoms with van der Waals surface area (Å²) in [4.78, 5) is 26.2. The average Bonchev–Trinajstić information content (AvgIpc) is 3.13. The summed E-state index contributed by atoms with van der Waals surface area (Å²) in [5, 5.41) is 19.0. The van der Waals surface area contributed by atoms with E-state index in [1.807, 2.05) is 44.2 Å². The molecule has 2 amide bonds. The minimum atomic E-state index is -0.901. The molecule has 6 heteroatoms. The summed E-state index contributed by atoms with van der Waals surface area (Å²) < 4.78 is 5.93. The molecule has 0 bridgehead atoms. The van der Waals surface area contributed by atoms with Crippen LogP contribution in [0.25, 0.3) is 17.4 Å². The maximum Gasteiger partial charge on any atom is 0.271 e. The molecule has 0 spiro atoms. The highest BCUT2D eigenvalue weighted by Gasteiger charge is 2.36. The largest absolute Gasteiger partial charge is 0.457 e. The van der Waals surface area contributed by atoms with Crippen molar-refractivity contribution in [1.82, 2.24) is 4.90 Å². The van der Waals surface area contributed by atoms with Crippen molar-refractivity contribution in [3.05, 3.63) is 63.9 Å². The van der Waals surface area contributed by atoms with E-state index in [4.69, 9.17) is 4.42 Å². The fraction of sp³-hybridized carbons (Fsp3) is 0.261. The maximum atomic E-state index is 12.9. The van der Waals surface area contributed by atoms with Crippen LogP contribution >= 0.6 is 0 Å². The summed E-state index contributed by atoms with van der Waals surface area (Å²) in [7, 11) is 0. The second-order valence-electron chi connectivity index (χ2n) is 7.19. The maximum absolute atomic E-state index is 12.9. The minimum Gasteiger partial charge on any atom is -0.457 e. The number of hydrogen-bond donors (Lipinski definition) is 1. The fourth-order valence-corrected chi connectivity index (χ4v) is 3.30. The van der Waals surface area contributed by atoms with Gasteiger partial charge in [-0.25, -0.2) is 0 Å². The molecular formula is C23H22N2O4. The molecule has 1 unspecified atom stereocenters. The van der Waals surface area contributed by atoms with E-state index in [2.05, 4.69) is 0 Å². The smallest absolute Gasteiger partial charge is 0.271 e. The Morgan fingerprint density at radius 3 is 2.55 bits per heavy atom. The van der Waals surface area contributed by atoms with Gasteiger partial charge < -0.3 is 9.52 Å². The number of carbonyl (C=O) groups excluding carboxylic acids is 2. The van der Waals surface area contributed by atoms with Gasteiger partial charge in [0, 0.05) is 11.1 Å². The van der Waals surface area contributed by atoms with Crippen LogP contribution in [0.5, 0.6) is 0 Å². The molecule has 0 radical (unpaired) electrons. The lowest BCUT2D eigenvalue weighted by Gasteiger charge is -2.28. The van der Waals surface area contributed by atoms with Crippen molar-refractivity contribution in [3.8, 4) is 17.4 Å². The quantitative estimate of drug-likeness (QED) is 0.636. The number of amides is 2. The Kier molecular flexibility index (Phi) is 5.53. The number of nitrogens with zero attached hydrogens (tertiary/aromatic N) is 2. The first-order valence-corrected chi connectivity index (χ1v) is 9.28. The third-order valence-electron chi connectivity index (χ3n) is 5.06. The zero-order valence-corrected chi connectivity index (χ0v) is 16.8. The van der Waals surface area contributed by atoms with E-state index >= 15 is 0 Å². The van der Waals surface area contributed by atoms with Gasteiger partial charge in [0.25, 0.3) is 11.8 Å². The van der Waals surface area contributed by atoms with E-state index in [1.165, 1.54) is 13.0 Å². The molecule has 2 aromatic rings. The molecule has 1 aliphatic heterocycles. The van der Waals surface area contributed by atoms with Gasteiger partial charge in [-0.3, -0.25) is 14.5 Å². The van der Waals surface area contributed by atoms with Crippen LogP contribution in [-0.2, 0) is 9.59 Å². The molecule has 148 valence electrons. The second kappa shape index (κ2) is 7.90. The molecule has 1 atom stereocenters. The van der Waals surface area contributed by atoms with E-state index in [0.717, 1.165) is 21.6 Å². The number of β-amino-alcohol motifs (C(OH)–C–C–N with tert-alkyl or cyclic N) is 1. The van der Waals surface area contributed by atoms with Crippen molar-refractivity contribution in [1.29, 1.82) is 5.26 Å². The molecule has 0 fully saturated rings. The normalized spacial score (nSPS) is 17.1.